The lowest BCUT2D eigenvalue weighted by Gasteiger charge is -1.97. The molecule has 0 unspecified atom stereocenters. The second kappa shape index (κ2) is 5.29. The minimum atomic E-state index is -0.386. The van der Waals surface area contributed by atoms with Crippen LogP contribution < -0.4 is 5.73 Å². The highest BCUT2D eigenvalue weighted by atomic mass is 19.1. The first-order chi connectivity index (χ1) is 6.77. The summed E-state index contributed by atoms with van der Waals surface area (Å²) in [4.78, 5) is 10.3. The van der Waals surface area contributed by atoms with E-state index in [1.807, 2.05) is 0 Å². The Hall–Kier alpha value is -1.48. The van der Waals surface area contributed by atoms with Crippen molar-refractivity contribution in [3.05, 3.63) is 41.2 Å². The van der Waals surface area contributed by atoms with Gasteiger partial charge < -0.3 is 5.73 Å². The van der Waals surface area contributed by atoms with Gasteiger partial charge in [0.15, 0.2) is 0 Å². The molecule has 1 aromatic carbocycles. The molecule has 0 saturated carbocycles. The van der Waals surface area contributed by atoms with Crippen LogP contribution >= 0.6 is 0 Å². The van der Waals surface area contributed by atoms with Gasteiger partial charge in [0.25, 0.3) is 0 Å². The van der Waals surface area contributed by atoms with E-state index in [1.165, 1.54) is 6.07 Å². The molecule has 0 fully saturated rings. The second-order valence-electron chi connectivity index (χ2n) is 2.88. The normalized spacial score (nSPS) is 10.7. The number of hydrogen-bond donors (Lipinski definition) is 1. The third kappa shape index (κ3) is 2.78. The molecular formula is C11H12FNO. The molecule has 0 heterocycles. The molecule has 0 aliphatic carbocycles. The van der Waals surface area contributed by atoms with Crippen LogP contribution in [0.5, 0.6) is 0 Å². The summed E-state index contributed by atoms with van der Waals surface area (Å²) in [6, 6.07) is 4.37. The molecule has 1 rings (SSSR count). The Morgan fingerprint density at radius 1 is 1.43 bits per heavy atom. The van der Waals surface area contributed by atoms with Gasteiger partial charge in [-0.25, -0.2) is 4.39 Å². The average molecular weight is 193 g/mol. The van der Waals surface area contributed by atoms with Gasteiger partial charge in [0.1, 0.15) is 12.1 Å². The van der Waals surface area contributed by atoms with Gasteiger partial charge in [-0.05, 0) is 19.0 Å². The SMILES string of the molecule is NCCC=Cc1ccc(C=O)cc1F. The van der Waals surface area contributed by atoms with E-state index in [0.29, 0.717) is 24.0 Å². The molecular weight excluding hydrogens is 181 g/mol. The van der Waals surface area contributed by atoms with E-state index in [2.05, 4.69) is 0 Å². The second-order valence-corrected chi connectivity index (χ2v) is 2.88. The largest absolute Gasteiger partial charge is 0.330 e. The molecule has 0 radical (unpaired) electrons. The van der Waals surface area contributed by atoms with Crippen molar-refractivity contribution in [3.63, 3.8) is 0 Å². The van der Waals surface area contributed by atoms with Gasteiger partial charge in [-0.2, -0.15) is 0 Å². The van der Waals surface area contributed by atoms with E-state index in [1.54, 1.807) is 24.3 Å². The van der Waals surface area contributed by atoms with Crippen LogP contribution in [-0.2, 0) is 0 Å². The molecule has 0 atom stereocenters. The molecule has 0 amide bonds. The third-order valence-electron chi connectivity index (χ3n) is 1.79. The Kier molecular flexibility index (Phi) is 4.01. The zero-order valence-electron chi connectivity index (χ0n) is 7.74. The van der Waals surface area contributed by atoms with Crippen molar-refractivity contribution in [1.29, 1.82) is 0 Å². The summed E-state index contributed by atoms with van der Waals surface area (Å²) in [5.74, 6) is -0.386. The quantitative estimate of drug-likeness (QED) is 0.743. The maximum absolute atomic E-state index is 13.2. The number of benzene rings is 1. The van der Waals surface area contributed by atoms with E-state index in [4.69, 9.17) is 5.73 Å². The standard InChI is InChI=1S/C11H12FNO/c12-11-7-9(8-14)4-5-10(11)3-1-2-6-13/h1,3-5,7-8H,2,6,13H2. The Morgan fingerprint density at radius 2 is 2.21 bits per heavy atom. The number of nitrogens with two attached hydrogens (primary N) is 1. The molecule has 2 nitrogen and oxygen atoms in total. The van der Waals surface area contributed by atoms with Gasteiger partial charge in [0, 0.05) is 11.1 Å². The van der Waals surface area contributed by atoms with Gasteiger partial charge in [-0.1, -0.05) is 24.3 Å². The van der Waals surface area contributed by atoms with Gasteiger partial charge in [0.2, 0.25) is 0 Å². The summed E-state index contributed by atoms with van der Waals surface area (Å²) in [5.41, 5.74) is 6.11. The van der Waals surface area contributed by atoms with Gasteiger partial charge in [-0.15, -0.1) is 0 Å². The molecule has 1 aromatic rings. The lowest BCUT2D eigenvalue weighted by Crippen LogP contribution is -1.95. The molecule has 0 spiro atoms. The zero-order chi connectivity index (χ0) is 10.4. The Labute approximate surface area is 82.2 Å². The summed E-state index contributed by atoms with van der Waals surface area (Å²) in [6.07, 6.45) is 4.81. The van der Waals surface area contributed by atoms with Crippen molar-refractivity contribution in [3.8, 4) is 0 Å². The monoisotopic (exact) mass is 193 g/mol. The van der Waals surface area contributed by atoms with Gasteiger partial charge in [-0.3, -0.25) is 4.79 Å². The first-order valence-electron chi connectivity index (χ1n) is 4.39. The van der Waals surface area contributed by atoms with Gasteiger partial charge in [0.05, 0.1) is 0 Å². The molecule has 0 aromatic heterocycles. The van der Waals surface area contributed by atoms with Crippen LogP contribution in [-0.4, -0.2) is 12.8 Å². The molecule has 0 aliphatic rings. The highest BCUT2D eigenvalue weighted by Gasteiger charge is 1.99. The number of carbonyl (C=O) groups is 1. The Bertz CT molecular complexity index is 347. The highest BCUT2D eigenvalue weighted by molar-refractivity contribution is 5.75. The number of carbonyl (C=O) groups excluding carboxylic acids is 1. The van der Waals surface area contributed by atoms with Crippen LogP contribution in [0, 0.1) is 5.82 Å². The van der Waals surface area contributed by atoms with Crippen molar-refractivity contribution in [2.75, 3.05) is 6.54 Å². The molecule has 2 N–H and O–H groups in total. The molecule has 74 valence electrons. The fraction of sp³-hybridized carbons (Fsp3) is 0.182. The van der Waals surface area contributed by atoms with E-state index >= 15 is 0 Å². The minimum absolute atomic E-state index is 0.346. The predicted molar refractivity (Wildman–Crippen MR) is 54.5 cm³/mol. The first-order valence-corrected chi connectivity index (χ1v) is 4.39. The summed E-state index contributed by atoms with van der Waals surface area (Å²) in [5, 5.41) is 0. The van der Waals surface area contributed by atoms with Crippen LogP contribution in [0.4, 0.5) is 4.39 Å². The van der Waals surface area contributed by atoms with E-state index in [9.17, 15) is 9.18 Å². The number of halogens is 1. The lowest BCUT2D eigenvalue weighted by atomic mass is 10.1. The number of aldehydes is 1. The molecule has 0 aliphatic heterocycles. The minimum Gasteiger partial charge on any atom is -0.330 e. The predicted octanol–water partition coefficient (Wildman–Crippen LogP) is 2.00. The van der Waals surface area contributed by atoms with E-state index in [-0.39, 0.29) is 5.82 Å². The molecule has 14 heavy (non-hydrogen) atoms. The number of hydrogen-bond acceptors (Lipinski definition) is 2. The number of rotatable bonds is 4. The van der Waals surface area contributed by atoms with E-state index in [0.717, 1.165) is 6.42 Å². The summed E-state index contributed by atoms with van der Waals surface area (Å²) in [6.45, 7) is 0.546. The summed E-state index contributed by atoms with van der Waals surface area (Å²) in [7, 11) is 0. The average Bonchev–Trinajstić information content (AvgIpc) is 2.20. The fourth-order valence-corrected chi connectivity index (χ4v) is 1.06. The molecule has 0 bridgehead atoms. The summed E-state index contributed by atoms with van der Waals surface area (Å²) >= 11 is 0. The van der Waals surface area contributed by atoms with Gasteiger partial charge >= 0.3 is 0 Å². The van der Waals surface area contributed by atoms with Crippen LogP contribution in [0.25, 0.3) is 6.08 Å². The van der Waals surface area contributed by atoms with Crippen molar-refractivity contribution in [2.24, 2.45) is 5.73 Å². The molecule has 3 heteroatoms. The highest BCUT2D eigenvalue weighted by Crippen LogP contribution is 2.11. The Balaban J connectivity index is 2.83. The van der Waals surface area contributed by atoms with E-state index < -0.39 is 0 Å². The van der Waals surface area contributed by atoms with Crippen LogP contribution in [0.3, 0.4) is 0 Å². The lowest BCUT2D eigenvalue weighted by molar-refractivity contribution is 0.112. The van der Waals surface area contributed by atoms with Crippen molar-refractivity contribution in [2.45, 2.75) is 6.42 Å². The zero-order valence-corrected chi connectivity index (χ0v) is 7.74. The van der Waals surface area contributed by atoms with Crippen LogP contribution in [0.2, 0.25) is 0 Å². The van der Waals surface area contributed by atoms with Crippen LogP contribution in [0.1, 0.15) is 22.3 Å². The van der Waals surface area contributed by atoms with Crippen molar-refractivity contribution in [1.82, 2.24) is 0 Å². The van der Waals surface area contributed by atoms with Crippen LogP contribution in [0.15, 0.2) is 24.3 Å². The van der Waals surface area contributed by atoms with Crippen molar-refractivity contribution < 1.29 is 9.18 Å². The third-order valence-corrected chi connectivity index (χ3v) is 1.79. The molecule has 0 saturated heterocycles. The van der Waals surface area contributed by atoms with Crippen molar-refractivity contribution >= 4 is 12.4 Å². The fourth-order valence-electron chi connectivity index (χ4n) is 1.06. The topological polar surface area (TPSA) is 43.1 Å². The first kappa shape index (κ1) is 10.6. The maximum Gasteiger partial charge on any atom is 0.150 e. The smallest absolute Gasteiger partial charge is 0.150 e. The maximum atomic E-state index is 13.2. The Morgan fingerprint density at radius 3 is 2.79 bits per heavy atom. The summed E-state index contributed by atoms with van der Waals surface area (Å²) < 4.78 is 13.2.